The van der Waals surface area contributed by atoms with Gasteiger partial charge in [0.05, 0.1) is 0 Å². The molecule has 0 rings (SSSR count). The highest BCUT2D eigenvalue weighted by atomic mass is 79.9. The fraction of sp³-hybridized carbons (Fsp3) is 1.00. The van der Waals surface area contributed by atoms with Gasteiger partial charge in [-0.25, -0.2) is 4.39 Å². The van der Waals surface area contributed by atoms with Crippen molar-refractivity contribution < 1.29 is 18.3 Å². The Morgan fingerprint density at radius 3 is 1.50 bits per heavy atom. The van der Waals surface area contributed by atoms with E-state index in [1.165, 1.54) is 0 Å². The molecule has 0 aliphatic rings. The fourth-order valence-electron chi connectivity index (χ4n) is 0. The van der Waals surface area contributed by atoms with Gasteiger partial charge in [-0.1, -0.05) is 0 Å². The molecule has 0 heterocycles. The first-order chi connectivity index (χ1) is 3.25. The van der Waals surface area contributed by atoms with Crippen LogP contribution >= 0.6 is 15.9 Å². The Hall–Kier alpha value is 0.230. The Morgan fingerprint density at radius 1 is 1.38 bits per heavy atom. The van der Waals surface area contributed by atoms with Crippen LogP contribution in [0.25, 0.3) is 0 Å². The molecule has 0 fully saturated rings. The van der Waals surface area contributed by atoms with E-state index >= 15 is 0 Å². The van der Waals surface area contributed by atoms with Crippen molar-refractivity contribution in [3.63, 3.8) is 0 Å². The van der Waals surface area contributed by atoms with Gasteiger partial charge in [-0.3, -0.25) is 0 Å². The second kappa shape index (κ2) is 1.88. The van der Waals surface area contributed by atoms with Gasteiger partial charge in [0.25, 0.3) is 5.85 Å². The molecule has 0 spiro atoms. The molecule has 1 atom stereocenters. The van der Waals surface area contributed by atoms with Gasteiger partial charge >= 0.3 is 4.83 Å². The Labute approximate surface area is 52.6 Å². The molecule has 0 bridgehead atoms. The second-order valence-electron chi connectivity index (χ2n) is 1.45. The monoisotopic (exact) mass is 192 g/mol. The van der Waals surface area contributed by atoms with E-state index in [0.29, 0.717) is 6.92 Å². The molecule has 1 unspecified atom stereocenters. The Balaban J connectivity index is 4.02. The summed E-state index contributed by atoms with van der Waals surface area (Å²) in [4.78, 5) is -3.86. The smallest absolute Gasteiger partial charge is 0.357 e. The molecule has 0 amide bonds. The molecule has 1 nitrogen and oxygen atoms in total. The molecular formula is C3H4BrF3O. The van der Waals surface area contributed by atoms with E-state index in [4.69, 9.17) is 5.11 Å². The number of hydrogen-bond donors (Lipinski definition) is 1. The van der Waals surface area contributed by atoms with Gasteiger partial charge in [0, 0.05) is 6.92 Å². The van der Waals surface area contributed by atoms with E-state index in [2.05, 4.69) is 0 Å². The van der Waals surface area contributed by atoms with Crippen LogP contribution in [0, 0.1) is 0 Å². The Bertz CT molecular complexity index is 69.5. The lowest BCUT2D eigenvalue weighted by molar-refractivity contribution is -0.188. The largest absolute Gasteiger partial charge is 0.358 e. The summed E-state index contributed by atoms with van der Waals surface area (Å²) < 4.78 is 34.7. The summed E-state index contributed by atoms with van der Waals surface area (Å²) in [7, 11) is 0. The number of aliphatic hydroxyl groups is 1. The molecule has 0 aromatic heterocycles. The molecule has 0 aromatic rings. The lowest BCUT2D eigenvalue weighted by Gasteiger charge is -2.17. The van der Waals surface area contributed by atoms with E-state index in [1.807, 2.05) is 0 Å². The maximum absolute atomic E-state index is 11.7. The summed E-state index contributed by atoms with van der Waals surface area (Å²) in [6, 6.07) is 0. The SMILES string of the molecule is CC(O)(F)C(F)(F)Br. The van der Waals surface area contributed by atoms with Crippen molar-refractivity contribution in [2.45, 2.75) is 17.6 Å². The first kappa shape index (κ1) is 8.23. The Morgan fingerprint density at radius 2 is 1.50 bits per heavy atom. The van der Waals surface area contributed by atoms with Crippen molar-refractivity contribution in [2.24, 2.45) is 0 Å². The normalized spacial score (nSPS) is 20.2. The molecular weight excluding hydrogens is 189 g/mol. The third kappa shape index (κ3) is 2.00. The Kier molecular flexibility index (Phi) is 1.93. The molecule has 1 N–H and O–H groups in total. The van der Waals surface area contributed by atoms with Gasteiger partial charge in [0.15, 0.2) is 0 Å². The summed E-state index contributed by atoms with van der Waals surface area (Å²) in [6.07, 6.45) is 0. The van der Waals surface area contributed by atoms with Gasteiger partial charge in [-0.15, -0.1) is 0 Å². The fourth-order valence-corrected chi connectivity index (χ4v) is 0. The van der Waals surface area contributed by atoms with E-state index < -0.39 is 10.7 Å². The highest BCUT2D eigenvalue weighted by molar-refractivity contribution is 9.10. The molecule has 8 heavy (non-hydrogen) atoms. The van der Waals surface area contributed by atoms with Crippen molar-refractivity contribution in [1.29, 1.82) is 0 Å². The van der Waals surface area contributed by atoms with E-state index in [0.717, 1.165) is 0 Å². The summed E-state index contributed by atoms with van der Waals surface area (Å²) in [5.41, 5.74) is 0. The average molecular weight is 193 g/mol. The highest BCUT2D eigenvalue weighted by Gasteiger charge is 2.47. The van der Waals surface area contributed by atoms with Crippen LogP contribution in [-0.2, 0) is 0 Å². The van der Waals surface area contributed by atoms with E-state index in [9.17, 15) is 13.2 Å². The molecule has 0 aromatic carbocycles. The first-order valence-corrected chi connectivity index (χ1v) is 2.52. The number of rotatable bonds is 1. The number of hydrogen-bond acceptors (Lipinski definition) is 1. The van der Waals surface area contributed by atoms with Crippen molar-refractivity contribution >= 4 is 15.9 Å². The summed E-state index contributed by atoms with van der Waals surface area (Å²) >= 11 is 1.64. The van der Waals surface area contributed by atoms with E-state index in [1.54, 1.807) is 15.9 Å². The van der Waals surface area contributed by atoms with Crippen LogP contribution in [0.2, 0.25) is 0 Å². The molecule has 50 valence electrons. The predicted molar refractivity (Wildman–Crippen MR) is 25.6 cm³/mol. The molecule has 0 aliphatic carbocycles. The molecule has 0 saturated heterocycles. The van der Waals surface area contributed by atoms with Gasteiger partial charge < -0.3 is 5.11 Å². The predicted octanol–water partition coefficient (Wildman–Crippen LogP) is 1.65. The number of alkyl halides is 4. The van der Waals surface area contributed by atoms with Crippen LogP contribution in [0.3, 0.4) is 0 Å². The van der Waals surface area contributed by atoms with Crippen LogP contribution in [0.5, 0.6) is 0 Å². The maximum atomic E-state index is 11.7. The highest BCUT2D eigenvalue weighted by Crippen LogP contribution is 2.35. The minimum Gasteiger partial charge on any atom is -0.357 e. The van der Waals surface area contributed by atoms with Crippen molar-refractivity contribution in [3.05, 3.63) is 0 Å². The van der Waals surface area contributed by atoms with Crippen LogP contribution in [0.15, 0.2) is 0 Å². The van der Waals surface area contributed by atoms with Gasteiger partial charge in [0.1, 0.15) is 0 Å². The lowest BCUT2D eigenvalue weighted by Crippen LogP contribution is -2.35. The third-order valence-electron chi connectivity index (χ3n) is 0.517. The summed E-state index contributed by atoms with van der Waals surface area (Å²) in [5.74, 6) is -3.48. The molecule has 5 heteroatoms. The second-order valence-corrected chi connectivity index (χ2v) is 2.45. The minimum atomic E-state index is -3.86. The van der Waals surface area contributed by atoms with Crippen LogP contribution in [0.1, 0.15) is 6.92 Å². The topological polar surface area (TPSA) is 20.2 Å². The van der Waals surface area contributed by atoms with E-state index in [-0.39, 0.29) is 0 Å². The number of halogens is 4. The quantitative estimate of drug-likeness (QED) is 0.627. The summed E-state index contributed by atoms with van der Waals surface area (Å²) in [6.45, 7) is 0.363. The standard InChI is InChI=1S/C3H4BrF3O/c1-2(5,8)3(4,6)7/h8H,1H3. The van der Waals surface area contributed by atoms with Crippen molar-refractivity contribution in [2.75, 3.05) is 0 Å². The van der Waals surface area contributed by atoms with Gasteiger partial charge in [-0.2, -0.15) is 8.78 Å². The molecule has 0 aliphatic heterocycles. The zero-order chi connectivity index (χ0) is 7.00. The minimum absolute atomic E-state index is 0.363. The lowest BCUT2D eigenvalue weighted by atomic mass is 10.4. The third-order valence-corrected chi connectivity index (χ3v) is 1.24. The average Bonchev–Trinajstić information content (AvgIpc) is 1.25. The first-order valence-electron chi connectivity index (χ1n) is 1.73. The van der Waals surface area contributed by atoms with Crippen LogP contribution < -0.4 is 0 Å². The van der Waals surface area contributed by atoms with Gasteiger partial charge in [0.2, 0.25) is 0 Å². The van der Waals surface area contributed by atoms with Crippen LogP contribution in [0.4, 0.5) is 13.2 Å². The molecule has 0 saturated carbocycles. The zero-order valence-electron chi connectivity index (χ0n) is 3.96. The van der Waals surface area contributed by atoms with Crippen molar-refractivity contribution in [1.82, 2.24) is 0 Å². The molecule has 0 radical (unpaired) electrons. The maximum Gasteiger partial charge on any atom is 0.358 e. The van der Waals surface area contributed by atoms with Crippen LogP contribution in [-0.4, -0.2) is 15.8 Å². The summed E-state index contributed by atoms with van der Waals surface area (Å²) in [5, 5.41) is 7.89. The van der Waals surface area contributed by atoms with Gasteiger partial charge in [-0.05, 0) is 15.9 Å². The van der Waals surface area contributed by atoms with Crippen molar-refractivity contribution in [3.8, 4) is 0 Å². The zero-order valence-corrected chi connectivity index (χ0v) is 5.55.